The third-order valence-corrected chi connectivity index (χ3v) is 3.03. The lowest BCUT2D eigenvalue weighted by Crippen LogP contribution is -2.52. The molecule has 0 spiro atoms. The van der Waals surface area contributed by atoms with E-state index in [1.165, 1.54) is 5.56 Å². The maximum atomic E-state index is 11.3. The first-order valence-corrected chi connectivity index (χ1v) is 5.78. The summed E-state index contributed by atoms with van der Waals surface area (Å²) in [6.07, 6.45) is 0.991. The first kappa shape index (κ1) is 11.1. The first-order valence-electron chi connectivity index (χ1n) is 5.78. The van der Waals surface area contributed by atoms with Gasteiger partial charge in [-0.1, -0.05) is 30.3 Å². The Labute approximate surface area is 96.5 Å². The van der Waals surface area contributed by atoms with Gasteiger partial charge in [0, 0.05) is 32.6 Å². The van der Waals surface area contributed by atoms with E-state index in [0.29, 0.717) is 6.04 Å². The Morgan fingerprint density at radius 3 is 2.88 bits per heavy atom. The molecule has 0 radical (unpaired) electrons. The highest BCUT2D eigenvalue weighted by atomic mass is 16.2. The lowest BCUT2D eigenvalue weighted by atomic mass is 10.0. The standard InChI is InChI=1S/C13H18N2O/c1-11(16)15-8-7-14-13(10-15)9-12-5-3-2-4-6-12/h2-6,13-14H,7-10H2,1H3/t13-/m1/s1. The number of benzene rings is 1. The molecule has 1 N–H and O–H groups in total. The minimum absolute atomic E-state index is 0.180. The van der Waals surface area contributed by atoms with E-state index in [4.69, 9.17) is 0 Å². The van der Waals surface area contributed by atoms with E-state index >= 15 is 0 Å². The maximum Gasteiger partial charge on any atom is 0.219 e. The molecule has 3 heteroatoms. The molecule has 0 bridgehead atoms. The van der Waals surface area contributed by atoms with Gasteiger partial charge >= 0.3 is 0 Å². The van der Waals surface area contributed by atoms with Crippen molar-refractivity contribution in [3.8, 4) is 0 Å². The van der Waals surface area contributed by atoms with Gasteiger partial charge in [-0.3, -0.25) is 4.79 Å². The number of nitrogens with one attached hydrogen (secondary N) is 1. The summed E-state index contributed by atoms with van der Waals surface area (Å²) in [6, 6.07) is 10.8. The van der Waals surface area contributed by atoms with Crippen molar-refractivity contribution in [3.63, 3.8) is 0 Å². The van der Waals surface area contributed by atoms with Gasteiger partial charge < -0.3 is 10.2 Å². The Hall–Kier alpha value is -1.35. The maximum absolute atomic E-state index is 11.3. The van der Waals surface area contributed by atoms with E-state index < -0.39 is 0 Å². The van der Waals surface area contributed by atoms with E-state index in [-0.39, 0.29) is 5.91 Å². The summed E-state index contributed by atoms with van der Waals surface area (Å²) >= 11 is 0. The fraction of sp³-hybridized carbons (Fsp3) is 0.462. The third-order valence-electron chi connectivity index (χ3n) is 3.03. The van der Waals surface area contributed by atoms with Crippen LogP contribution in [0.4, 0.5) is 0 Å². The Morgan fingerprint density at radius 1 is 1.44 bits per heavy atom. The summed E-state index contributed by atoms with van der Waals surface area (Å²) in [6.45, 7) is 4.20. The van der Waals surface area contributed by atoms with Crippen molar-refractivity contribution in [1.82, 2.24) is 10.2 Å². The number of amides is 1. The number of carbonyl (C=O) groups is 1. The summed E-state index contributed by atoms with van der Waals surface area (Å²) in [7, 11) is 0. The topological polar surface area (TPSA) is 32.3 Å². The zero-order valence-electron chi connectivity index (χ0n) is 9.65. The van der Waals surface area contributed by atoms with Gasteiger partial charge in [-0.2, -0.15) is 0 Å². The van der Waals surface area contributed by atoms with Crippen LogP contribution < -0.4 is 5.32 Å². The summed E-state index contributed by atoms with van der Waals surface area (Å²) < 4.78 is 0. The van der Waals surface area contributed by atoms with Crippen molar-refractivity contribution >= 4 is 5.91 Å². The van der Waals surface area contributed by atoms with Gasteiger partial charge in [0.2, 0.25) is 5.91 Å². The van der Waals surface area contributed by atoms with E-state index in [2.05, 4.69) is 29.6 Å². The largest absolute Gasteiger partial charge is 0.340 e. The van der Waals surface area contributed by atoms with Crippen molar-refractivity contribution in [1.29, 1.82) is 0 Å². The Bertz CT molecular complexity index is 350. The fourth-order valence-corrected chi connectivity index (χ4v) is 2.15. The summed E-state index contributed by atoms with van der Waals surface area (Å²) in [5, 5.41) is 3.46. The smallest absolute Gasteiger partial charge is 0.219 e. The third kappa shape index (κ3) is 2.83. The second-order valence-electron chi connectivity index (χ2n) is 4.31. The number of nitrogens with zero attached hydrogens (tertiary/aromatic N) is 1. The summed E-state index contributed by atoms with van der Waals surface area (Å²) in [4.78, 5) is 13.2. The highest BCUT2D eigenvalue weighted by Gasteiger charge is 2.20. The minimum Gasteiger partial charge on any atom is -0.340 e. The molecule has 1 heterocycles. The van der Waals surface area contributed by atoms with Gasteiger partial charge in [-0.15, -0.1) is 0 Å². The molecule has 0 unspecified atom stereocenters. The highest BCUT2D eigenvalue weighted by molar-refractivity contribution is 5.73. The van der Waals surface area contributed by atoms with Crippen molar-refractivity contribution in [3.05, 3.63) is 35.9 Å². The van der Waals surface area contributed by atoms with Crippen LogP contribution in [0.15, 0.2) is 30.3 Å². The van der Waals surface area contributed by atoms with E-state index in [1.807, 2.05) is 11.0 Å². The Balaban J connectivity index is 1.93. The second kappa shape index (κ2) is 5.12. The minimum atomic E-state index is 0.180. The second-order valence-corrected chi connectivity index (χ2v) is 4.31. The number of hydrogen-bond donors (Lipinski definition) is 1. The first-order chi connectivity index (χ1) is 7.75. The van der Waals surface area contributed by atoms with E-state index in [0.717, 1.165) is 26.1 Å². The van der Waals surface area contributed by atoms with Crippen molar-refractivity contribution in [2.24, 2.45) is 0 Å². The molecular weight excluding hydrogens is 200 g/mol. The van der Waals surface area contributed by atoms with Crippen molar-refractivity contribution in [2.45, 2.75) is 19.4 Å². The molecule has 16 heavy (non-hydrogen) atoms. The molecule has 0 aromatic heterocycles. The molecule has 1 saturated heterocycles. The molecule has 1 aliphatic heterocycles. The number of rotatable bonds is 2. The van der Waals surface area contributed by atoms with Crippen LogP contribution in [-0.4, -0.2) is 36.5 Å². The number of hydrogen-bond acceptors (Lipinski definition) is 2. The van der Waals surface area contributed by atoms with Gasteiger partial charge in [0.25, 0.3) is 0 Å². The molecule has 1 amide bonds. The van der Waals surface area contributed by atoms with Crippen LogP contribution in [0.1, 0.15) is 12.5 Å². The van der Waals surface area contributed by atoms with Crippen LogP contribution in [0.2, 0.25) is 0 Å². The van der Waals surface area contributed by atoms with Gasteiger partial charge in [-0.05, 0) is 12.0 Å². The molecule has 86 valence electrons. The number of piperazine rings is 1. The molecule has 1 atom stereocenters. The van der Waals surface area contributed by atoms with Crippen molar-refractivity contribution < 1.29 is 4.79 Å². The predicted octanol–water partition coefficient (Wildman–Crippen LogP) is 1.05. The Morgan fingerprint density at radius 2 is 2.19 bits per heavy atom. The van der Waals surface area contributed by atoms with Crippen LogP contribution in [0.3, 0.4) is 0 Å². The number of carbonyl (C=O) groups excluding carboxylic acids is 1. The summed E-state index contributed by atoms with van der Waals surface area (Å²) in [5.74, 6) is 0.180. The lowest BCUT2D eigenvalue weighted by molar-refractivity contribution is -0.130. The molecule has 1 fully saturated rings. The molecule has 1 aliphatic rings. The van der Waals surface area contributed by atoms with Gasteiger partial charge in [-0.25, -0.2) is 0 Å². The SMILES string of the molecule is CC(=O)N1CCN[C@H](Cc2ccccc2)C1. The molecule has 1 aromatic rings. The average molecular weight is 218 g/mol. The monoisotopic (exact) mass is 218 g/mol. The van der Waals surface area contributed by atoms with Crippen LogP contribution in [0.5, 0.6) is 0 Å². The molecule has 1 aromatic carbocycles. The van der Waals surface area contributed by atoms with Crippen LogP contribution in [0, 0.1) is 0 Å². The van der Waals surface area contributed by atoms with E-state index in [1.54, 1.807) is 6.92 Å². The zero-order chi connectivity index (χ0) is 11.4. The lowest BCUT2D eigenvalue weighted by Gasteiger charge is -2.33. The van der Waals surface area contributed by atoms with Gasteiger partial charge in [0.15, 0.2) is 0 Å². The Kier molecular flexibility index (Phi) is 3.57. The highest BCUT2D eigenvalue weighted by Crippen LogP contribution is 2.07. The van der Waals surface area contributed by atoms with E-state index in [9.17, 15) is 4.79 Å². The van der Waals surface area contributed by atoms with Crippen LogP contribution >= 0.6 is 0 Å². The van der Waals surface area contributed by atoms with Gasteiger partial charge in [0.1, 0.15) is 0 Å². The van der Waals surface area contributed by atoms with Crippen LogP contribution in [0.25, 0.3) is 0 Å². The molecular formula is C13H18N2O. The molecule has 3 nitrogen and oxygen atoms in total. The predicted molar refractivity (Wildman–Crippen MR) is 64.2 cm³/mol. The zero-order valence-corrected chi connectivity index (χ0v) is 9.65. The normalized spacial score (nSPS) is 20.8. The average Bonchev–Trinajstić information content (AvgIpc) is 2.30. The molecule has 0 aliphatic carbocycles. The van der Waals surface area contributed by atoms with Crippen molar-refractivity contribution in [2.75, 3.05) is 19.6 Å². The quantitative estimate of drug-likeness (QED) is 0.804. The van der Waals surface area contributed by atoms with Crippen LogP contribution in [-0.2, 0) is 11.2 Å². The van der Waals surface area contributed by atoms with Gasteiger partial charge in [0.05, 0.1) is 0 Å². The molecule has 2 rings (SSSR count). The summed E-state index contributed by atoms with van der Waals surface area (Å²) in [5.41, 5.74) is 1.32. The fourth-order valence-electron chi connectivity index (χ4n) is 2.15. The molecule has 0 saturated carbocycles.